The molecule has 16 heteroatoms. The number of aliphatic carboxylic acids is 1. The number of hydrogen-bond acceptors (Lipinski definition) is 12. The number of carbonyl (C=O) groups is 1. The molecule has 2 aliphatic rings. The second-order valence-corrected chi connectivity index (χ2v) is 8.89. The lowest BCUT2D eigenvalue weighted by Crippen LogP contribution is -2.46. The predicted octanol–water partition coefficient (Wildman–Crippen LogP) is -0.814. The molecule has 186 valence electrons. The molecule has 1 aliphatic heterocycles. The van der Waals surface area contributed by atoms with Gasteiger partial charge in [-0.3, -0.25) is 4.57 Å². The molecule has 2 unspecified atom stereocenters. The normalized spacial score (nSPS) is 28.6. The molecular formula is C20H18ClN9O6. The molecule has 6 rings (SSSR count). The van der Waals surface area contributed by atoms with Gasteiger partial charge >= 0.3 is 5.97 Å². The molecule has 4 heterocycles. The number of carboxylic acid groups (broad SMARTS) is 1. The number of halogens is 1. The van der Waals surface area contributed by atoms with Gasteiger partial charge in [0.05, 0.1) is 6.33 Å². The summed E-state index contributed by atoms with van der Waals surface area (Å²) in [5, 5.41) is 45.8. The minimum atomic E-state index is -2.13. The number of H-pyrrole nitrogens is 1. The first-order valence-electron chi connectivity index (χ1n) is 10.7. The Hall–Kier alpha value is -3.76. The van der Waals surface area contributed by atoms with Crippen molar-refractivity contribution < 1.29 is 29.6 Å². The van der Waals surface area contributed by atoms with Crippen LogP contribution in [0.3, 0.4) is 0 Å². The molecule has 0 radical (unpaired) electrons. The van der Waals surface area contributed by atoms with Crippen LogP contribution >= 0.6 is 11.6 Å². The Balaban J connectivity index is 1.31. The monoisotopic (exact) mass is 515 g/mol. The van der Waals surface area contributed by atoms with Crippen molar-refractivity contribution in [2.45, 2.75) is 42.2 Å². The standard InChI is InChI=1S/C20H18ClN9O6/c21-18-24-13(22)9-14(25-18)30(7-23-9)15-10(31)20(34)11(35-15)12(20)36-19(17(32)33,16-26-28-29-27-16)6-8-4-2-1-3-5-8/h1-5,7,10-12,15,31,34H,6H2,(H,32,33)(H2,22,24,25)(H,26,27,28,29)/t10-,11+,12?,15+,19?,20-/m0/s1. The summed E-state index contributed by atoms with van der Waals surface area (Å²) < 4.78 is 13.2. The maximum Gasteiger partial charge on any atom is 0.344 e. The number of aliphatic hydroxyl groups excluding tert-OH is 1. The molecule has 15 nitrogen and oxygen atoms in total. The number of carboxylic acids is 1. The number of aliphatic hydroxyl groups is 2. The molecule has 2 fully saturated rings. The molecule has 0 spiro atoms. The zero-order valence-electron chi connectivity index (χ0n) is 18.1. The minimum absolute atomic E-state index is 0.0357. The van der Waals surface area contributed by atoms with E-state index in [9.17, 15) is 20.1 Å². The van der Waals surface area contributed by atoms with Crippen LogP contribution in [0.1, 0.15) is 17.6 Å². The van der Waals surface area contributed by atoms with Crippen LogP contribution in [0.4, 0.5) is 5.82 Å². The molecule has 0 bridgehead atoms. The third kappa shape index (κ3) is 3.17. The van der Waals surface area contributed by atoms with Crippen molar-refractivity contribution >= 4 is 34.6 Å². The van der Waals surface area contributed by atoms with E-state index in [4.69, 9.17) is 26.8 Å². The first-order valence-corrected chi connectivity index (χ1v) is 11.0. The summed E-state index contributed by atoms with van der Waals surface area (Å²) >= 11 is 5.91. The van der Waals surface area contributed by atoms with Crippen molar-refractivity contribution in [3.05, 3.63) is 53.3 Å². The van der Waals surface area contributed by atoms with Gasteiger partial charge in [0.2, 0.25) is 16.7 Å². The largest absolute Gasteiger partial charge is 0.479 e. The van der Waals surface area contributed by atoms with Gasteiger partial charge < -0.3 is 30.5 Å². The molecule has 6 N–H and O–H groups in total. The third-order valence-corrected chi connectivity index (χ3v) is 6.65. The van der Waals surface area contributed by atoms with Crippen LogP contribution in [0, 0.1) is 0 Å². The summed E-state index contributed by atoms with van der Waals surface area (Å²) in [5.74, 6) is -1.62. The van der Waals surface area contributed by atoms with Crippen molar-refractivity contribution in [1.29, 1.82) is 0 Å². The Morgan fingerprint density at radius 1 is 1.33 bits per heavy atom. The Morgan fingerprint density at radius 2 is 2.11 bits per heavy atom. The summed E-state index contributed by atoms with van der Waals surface area (Å²) in [6, 6.07) is 8.70. The van der Waals surface area contributed by atoms with Crippen LogP contribution in [0.2, 0.25) is 5.28 Å². The van der Waals surface area contributed by atoms with Crippen LogP contribution in [0.5, 0.6) is 0 Å². The van der Waals surface area contributed by atoms with Crippen LogP contribution in [0.25, 0.3) is 11.2 Å². The number of aromatic amines is 1. The second kappa shape index (κ2) is 7.87. The fourth-order valence-corrected chi connectivity index (χ4v) is 4.77. The van der Waals surface area contributed by atoms with E-state index < -0.39 is 41.7 Å². The summed E-state index contributed by atoms with van der Waals surface area (Å²) in [5.41, 5.74) is 2.80. The van der Waals surface area contributed by atoms with E-state index in [1.54, 1.807) is 30.3 Å². The molecule has 36 heavy (non-hydrogen) atoms. The smallest absolute Gasteiger partial charge is 0.344 e. The SMILES string of the molecule is Nc1nc(Cl)nc2c1ncn2[C@@H]1O[C@@H]2C(OC(Cc3ccccc3)(C(=O)O)c3nn[nH]n3)[C@]2(O)[C@H]1O. The van der Waals surface area contributed by atoms with Gasteiger partial charge in [0.1, 0.15) is 23.8 Å². The first-order chi connectivity index (χ1) is 17.3. The maximum atomic E-state index is 12.6. The number of nitrogens with one attached hydrogen (secondary N) is 1. The number of aromatic nitrogens is 8. The van der Waals surface area contributed by atoms with E-state index in [-0.39, 0.29) is 34.5 Å². The molecule has 1 aromatic carbocycles. The summed E-state index contributed by atoms with van der Waals surface area (Å²) in [6.07, 6.45) is -3.84. The molecule has 1 saturated heterocycles. The second-order valence-electron chi connectivity index (χ2n) is 8.55. The molecule has 1 aliphatic carbocycles. The number of benzene rings is 1. The average molecular weight is 516 g/mol. The number of hydrogen-bond donors (Lipinski definition) is 5. The fourth-order valence-electron chi connectivity index (χ4n) is 4.60. The molecular weight excluding hydrogens is 498 g/mol. The van der Waals surface area contributed by atoms with Gasteiger partial charge in [-0.1, -0.05) is 35.5 Å². The lowest BCUT2D eigenvalue weighted by atomic mass is 9.93. The number of rotatable bonds is 7. The van der Waals surface area contributed by atoms with Crippen LogP contribution in [-0.4, -0.2) is 85.3 Å². The van der Waals surface area contributed by atoms with Crippen molar-refractivity contribution in [2.75, 3.05) is 5.73 Å². The van der Waals surface area contributed by atoms with E-state index in [1.807, 2.05) is 0 Å². The highest BCUT2D eigenvalue weighted by Crippen LogP contribution is 2.57. The number of anilines is 1. The number of ether oxygens (including phenoxy) is 2. The fraction of sp³-hybridized carbons (Fsp3) is 0.350. The van der Waals surface area contributed by atoms with Crippen LogP contribution < -0.4 is 5.73 Å². The van der Waals surface area contributed by atoms with Gasteiger partial charge in [-0.25, -0.2) is 9.78 Å². The number of nitrogens with two attached hydrogens (primary N) is 1. The topological polar surface area (TPSA) is 220 Å². The molecule has 0 amide bonds. The van der Waals surface area contributed by atoms with Gasteiger partial charge in [-0.2, -0.15) is 15.2 Å². The third-order valence-electron chi connectivity index (χ3n) is 6.48. The predicted molar refractivity (Wildman–Crippen MR) is 118 cm³/mol. The quantitative estimate of drug-likeness (QED) is 0.190. The van der Waals surface area contributed by atoms with Crippen molar-refractivity contribution in [1.82, 2.24) is 40.1 Å². The number of fused-ring (bicyclic) bond motifs is 2. The highest BCUT2D eigenvalue weighted by molar-refractivity contribution is 6.28. The van der Waals surface area contributed by atoms with E-state index in [0.717, 1.165) is 0 Å². The zero-order chi connectivity index (χ0) is 25.2. The Morgan fingerprint density at radius 3 is 2.75 bits per heavy atom. The van der Waals surface area contributed by atoms with E-state index in [0.29, 0.717) is 5.56 Å². The molecule has 6 atom stereocenters. The minimum Gasteiger partial charge on any atom is -0.479 e. The lowest BCUT2D eigenvalue weighted by molar-refractivity contribution is -0.187. The first kappa shape index (κ1) is 22.7. The molecule has 3 aromatic heterocycles. The molecule has 1 saturated carbocycles. The maximum absolute atomic E-state index is 12.6. The van der Waals surface area contributed by atoms with Crippen LogP contribution in [0.15, 0.2) is 36.7 Å². The zero-order valence-corrected chi connectivity index (χ0v) is 18.9. The van der Waals surface area contributed by atoms with Crippen LogP contribution in [-0.2, 0) is 26.3 Å². The van der Waals surface area contributed by atoms with Crippen molar-refractivity contribution in [3.63, 3.8) is 0 Å². The van der Waals surface area contributed by atoms with Gasteiger partial charge in [0, 0.05) is 6.42 Å². The molecule has 4 aromatic rings. The number of nitrogens with zero attached hydrogens (tertiary/aromatic N) is 7. The summed E-state index contributed by atoms with van der Waals surface area (Å²) in [6.45, 7) is 0. The number of imidazole rings is 1. The van der Waals surface area contributed by atoms with Gasteiger partial charge in [0.15, 0.2) is 23.3 Å². The van der Waals surface area contributed by atoms with Gasteiger partial charge in [-0.15, -0.1) is 10.2 Å². The van der Waals surface area contributed by atoms with Gasteiger partial charge in [0.25, 0.3) is 0 Å². The average Bonchev–Trinajstić information content (AvgIpc) is 3.35. The highest BCUT2D eigenvalue weighted by Gasteiger charge is 2.79. The lowest BCUT2D eigenvalue weighted by Gasteiger charge is -2.30. The number of tetrazole rings is 1. The Kier molecular flexibility index (Phi) is 4.96. The van der Waals surface area contributed by atoms with Crippen molar-refractivity contribution in [2.24, 2.45) is 0 Å². The number of nitrogen functional groups attached to an aromatic ring is 1. The summed E-state index contributed by atoms with van der Waals surface area (Å²) in [4.78, 5) is 24.6. The van der Waals surface area contributed by atoms with E-state index in [2.05, 4.69) is 35.6 Å². The highest BCUT2D eigenvalue weighted by atomic mass is 35.5. The van der Waals surface area contributed by atoms with E-state index in [1.165, 1.54) is 10.9 Å². The van der Waals surface area contributed by atoms with E-state index >= 15 is 0 Å². The van der Waals surface area contributed by atoms with Gasteiger partial charge in [-0.05, 0) is 17.2 Å². The summed E-state index contributed by atoms with van der Waals surface area (Å²) in [7, 11) is 0. The van der Waals surface area contributed by atoms with Crippen molar-refractivity contribution in [3.8, 4) is 0 Å². The Labute approximate surface area is 205 Å². The Bertz CT molecular complexity index is 1450.